The van der Waals surface area contributed by atoms with Gasteiger partial charge in [-0.15, -0.1) is 5.10 Å². The van der Waals surface area contributed by atoms with Crippen molar-refractivity contribution in [1.82, 2.24) is 20.2 Å². The number of hydrogen-bond donors (Lipinski definition) is 1. The summed E-state index contributed by atoms with van der Waals surface area (Å²) in [7, 11) is 0. The molecule has 1 aromatic heterocycles. The van der Waals surface area contributed by atoms with Crippen LogP contribution in [0, 0.1) is 12.7 Å². The number of hydrogen-bond acceptors (Lipinski definition) is 4. The topological polar surface area (TPSA) is 69.6 Å². The highest BCUT2D eigenvalue weighted by Gasteiger charge is 2.15. The van der Waals surface area contributed by atoms with Crippen LogP contribution in [-0.4, -0.2) is 20.2 Å². The van der Waals surface area contributed by atoms with Crippen molar-refractivity contribution < 1.29 is 4.39 Å². The fourth-order valence-corrected chi connectivity index (χ4v) is 2.50. The van der Waals surface area contributed by atoms with E-state index in [2.05, 4.69) is 31.5 Å². The molecule has 0 spiro atoms. The summed E-state index contributed by atoms with van der Waals surface area (Å²) in [5.74, 6) is -0.00430. The number of nitrogen functional groups attached to an aromatic ring is 1. The van der Waals surface area contributed by atoms with E-state index >= 15 is 0 Å². The Balaban J connectivity index is 2.19. The van der Waals surface area contributed by atoms with Crippen LogP contribution in [0.25, 0.3) is 17.1 Å². The molecule has 0 saturated heterocycles. The van der Waals surface area contributed by atoms with Crippen LogP contribution in [0.1, 0.15) is 5.56 Å². The number of tetrazole rings is 1. The number of rotatable bonds is 2. The first-order chi connectivity index (χ1) is 10.1. The van der Waals surface area contributed by atoms with Crippen LogP contribution in [0.4, 0.5) is 10.1 Å². The van der Waals surface area contributed by atoms with E-state index in [1.165, 1.54) is 12.1 Å². The molecule has 2 N–H and O–H groups in total. The second-order valence-electron chi connectivity index (χ2n) is 4.60. The lowest BCUT2D eigenvalue weighted by Crippen LogP contribution is -2.02. The van der Waals surface area contributed by atoms with E-state index in [9.17, 15) is 4.39 Å². The van der Waals surface area contributed by atoms with Crippen molar-refractivity contribution in [2.45, 2.75) is 6.92 Å². The fraction of sp³-hybridized carbons (Fsp3) is 0.0714. The Morgan fingerprint density at radius 2 is 2.05 bits per heavy atom. The molecule has 5 nitrogen and oxygen atoms in total. The SMILES string of the molecule is Cc1cccc(-n2nnnc2-c2cc(N)cc(F)c2)c1Br. The summed E-state index contributed by atoms with van der Waals surface area (Å²) >= 11 is 3.52. The van der Waals surface area contributed by atoms with Gasteiger partial charge in [-0.2, -0.15) is 4.68 Å². The summed E-state index contributed by atoms with van der Waals surface area (Å²) in [6.45, 7) is 1.97. The maximum absolute atomic E-state index is 13.5. The number of nitrogens with zero attached hydrogens (tertiary/aromatic N) is 4. The number of benzene rings is 2. The van der Waals surface area contributed by atoms with Gasteiger partial charge in [-0.05, 0) is 63.1 Å². The average Bonchev–Trinajstić information content (AvgIpc) is 2.90. The van der Waals surface area contributed by atoms with Gasteiger partial charge in [-0.25, -0.2) is 4.39 Å². The summed E-state index contributed by atoms with van der Waals surface area (Å²) in [6.07, 6.45) is 0. The quantitative estimate of drug-likeness (QED) is 0.723. The Morgan fingerprint density at radius 1 is 1.24 bits per heavy atom. The maximum Gasteiger partial charge on any atom is 0.187 e. The largest absolute Gasteiger partial charge is 0.399 e. The van der Waals surface area contributed by atoms with Crippen LogP contribution in [0.5, 0.6) is 0 Å². The molecule has 2 aromatic carbocycles. The van der Waals surface area contributed by atoms with E-state index in [1.54, 1.807) is 10.7 Å². The molecule has 0 radical (unpaired) electrons. The molecule has 106 valence electrons. The van der Waals surface area contributed by atoms with Crippen LogP contribution in [0.3, 0.4) is 0 Å². The predicted octanol–water partition coefficient (Wildman–Crippen LogP) is 3.12. The molecule has 1 heterocycles. The number of halogens is 2. The van der Waals surface area contributed by atoms with Gasteiger partial charge in [-0.1, -0.05) is 12.1 Å². The molecular weight excluding hydrogens is 337 g/mol. The van der Waals surface area contributed by atoms with Crippen LogP contribution in [0.15, 0.2) is 40.9 Å². The second kappa shape index (κ2) is 5.25. The van der Waals surface area contributed by atoms with Gasteiger partial charge < -0.3 is 5.73 Å². The summed E-state index contributed by atoms with van der Waals surface area (Å²) in [5, 5.41) is 11.6. The van der Waals surface area contributed by atoms with E-state index in [-0.39, 0.29) is 0 Å². The lowest BCUT2D eigenvalue weighted by Gasteiger charge is -2.09. The molecule has 0 bridgehead atoms. The van der Waals surface area contributed by atoms with E-state index in [0.717, 1.165) is 15.7 Å². The van der Waals surface area contributed by atoms with Crippen molar-refractivity contribution in [1.29, 1.82) is 0 Å². The Morgan fingerprint density at radius 3 is 2.81 bits per heavy atom. The first-order valence-corrected chi connectivity index (χ1v) is 6.96. The highest BCUT2D eigenvalue weighted by molar-refractivity contribution is 9.10. The van der Waals surface area contributed by atoms with E-state index in [4.69, 9.17) is 5.73 Å². The van der Waals surface area contributed by atoms with Gasteiger partial charge in [0.2, 0.25) is 0 Å². The van der Waals surface area contributed by atoms with Gasteiger partial charge in [-0.3, -0.25) is 0 Å². The third kappa shape index (κ3) is 2.52. The van der Waals surface area contributed by atoms with E-state index in [0.29, 0.717) is 17.1 Å². The number of aromatic nitrogens is 4. The first kappa shape index (κ1) is 13.7. The molecule has 0 aliphatic rings. The first-order valence-electron chi connectivity index (χ1n) is 6.16. The molecule has 0 unspecified atom stereocenters. The molecule has 0 amide bonds. The van der Waals surface area contributed by atoms with Crippen LogP contribution in [-0.2, 0) is 0 Å². The standard InChI is InChI=1S/C14H11BrFN5/c1-8-3-2-4-12(13(8)15)21-14(18-19-20-21)9-5-10(16)7-11(17)6-9/h2-7H,17H2,1H3. The Kier molecular flexibility index (Phi) is 3.42. The zero-order chi connectivity index (χ0) is 15.0. The average molecular weight is 348 g/mol. The van der Waals surface area contributed by atoms with Crippen LogP contribution < -0.4 is 5.73 Å². The molecule has 21 heavy (non-hydrogen) atoms. The van der Waals surface area contributed by atoms with Crippen LogP contribution in [0.2, 0.25) is 0 Å². The molecule has 0 aliphatic carbocycles. The minimum Gasteiger partial charge on any atom is -0.399 e. The maximum atomic E-state index is 13.5. The Bertz CT molecular complexity index is 795. The van der Waals surface area contributed by atoms with Crippen molar-refractivity contribution in [2.75, 3.05) is 5.73 Å². The van der Waals surface area contributed by atoms with Crippen molar-refractivity contribution in [2.24, 2.45) is 0 Å². The lowest BCUT2D eigenvalue weighted by atomic mass is 10.1. The third-order valence-electron chi connectivity index (χ3n) is 3.05. The van der Waals surface area contributed by atoms with E-state index < -0.39 is 5.82 Å². The molecule has 0 aliphatic heterocycles. The molecule has 0 fully saturated rings. The van der Waals surface area contributed by atoms with Crippen LogP contribution >= 0.6 is 15.9 Å². The molecule has 0 atom stereocenters. The molecular formula is C14H11BrFN5. The van der Waals surface area contributed by atoms with Gasteiger partial charge in [0.25, 0.3) is 0 Å². The van der Waals surface area contributed by atoms with Gasteiger partial charge in [0, 0.05) is 15.7 Å². The minimum absolute atomic E-state index is 0.322. The summed E-state index contributed by atoms with van der Waals surface area (Å²) in [6, 6.07) is 9.98. The molecule has 3 rings (SSSR count). The van der Waals surface area contributed by atoms with Crippen molar-refractivity contribution in [3.05, 3.63) is 52.3 Å². The van der Waals surface area contributed by atoms with Gasteiger partial charge in [0.1, 0.15) is 5.82 Å². The third-order valence-corrected chi connectivity index (χ3v) is 4.08. The second-order valence-corrected chi connectivity index (χ2v) is 5.39. The van der Waals surface area contributed by atoms with Gasteiger partial charge >= 0.3 is 0 Å². The highest BCUT2D eigenvalue weighted by atomic mass is 79.9. The smallest absolute Gasteiger partial charge is 0.187 e. The number of aryl methyl sites for hydroxylation is 1. The summed E-state index contributed by atoms with van der Waals surface area (Å²) in [5.41, 5.74) is 8.35. The number of nitrogens with two attached hydrogens (primary N) is 1. The Labute approximate surface area is 128 Å². The normalized spacial score (nSPS) is 10.8. The highest BCUT2D eigenvalue weighted by Crippen LogP contribution is 2.28. The van der Waals surface area contributed by atoms with Crippen molar-refractivity contribution in [3.63, 3.8) is 0 Å². The Hall–Kier alpha value is -2.28. The molecule has 0 saturated carbocycles. The molecule has 3 aromatic rings. The monoisotopic (exact) mass is 347 g/mol. The zero-order valence-corrected chi connectivity index (χ0v) is 12.7. The summed E-state index contributed by atoms with van der Waals surface area (Å²) in [4.78, 5) is 0. The number of anilines is 1. The summed E-state index contributed by atoms with van der Waals surface area (Å²) < 4.78 is 16.0. The zero-order valence-electron chi connectivity index (χ0n) is 11.1. The van der Waals surface area contributed by atoms with E-state index in [1.807, 2.05) is 25.1 Å². The molecule has 7 heteroatoms. The van der Waals surface area contributed by atoms with Crippen molar-refractivity contribution >= 4 is 21.6 Å². The van der Waals surface area contributed by atoms with Crippen molar-refractivity contribution in [3.8, 4) is 17.1 Å². The fourth-order valence-electron chi connectivity index (χ4n) is 2.07. The lowest BCUT2D eigenvalue weighted by molar-refractivity contribution is 0.628. The predicted molar refractivity (Wildman–Crippen MR) is 81.4 cm³/mol. The van der Waals surface area contributed by atoms with Gasteiger partial charge in [0.15, 0.2) is 5.82 Å². The van der Waals surface area contributed by atoms with Gasteiger partial charge in [0.05, 0.1) is 5.69 Å². The minimum atomic E-state index is -0.428.